The van der Waals surface area contributed by atoms with Crippen LogP contribution in [0.5, 0.6) is 5.75 Å². The monoisotopic (exact) mass is 222 g/mol. The molecule has 0 unspecified atom stereocenters. The van der Waals surface area contributed by atoms with Gasteiger partial charge in [0.1, 0.15) is 5.75 Å². The normalized spacial score (nSPS) is 10.3. The molecule has 0 aliphatic rings. The van der Waals surface area contributed by atoms with Crippen molar-refractivity contribution in [1.29, 1.82) is 0 Å². The molecule has 0 aliphatic carbocycles. The van der Waals surface area contributed by atoms with Crippen molar-refractivity contribution in [3.63, 3.8) is 0 Å². The summed E-state index contributed by atoms with van der Waals surface area (Å²) >= 11 is 11.1. The highest BCUT2D eigenvalue weighted by Gasteiger charge is 2.05. The van der Waals surface area contributed by atoms with Gasteiger partial charge in [0.2, 0.25) is 0 Å². The zero-order valence-corrected chi connectivity index (χ0v) is 9.03. The maximum Gasteiger partial charge on any atom is 0.284 e. The molecule has 0 radical (unpaired) electrons. The lowest BCUT2D eigenvalue weighted by molar-refractivity contribution is 0.627. The Morgan fingerprint density at radius 2 is 2.00 bits per heavy atom. The summed E-state index contributed by atoms with van der Waals surface area (Å²) in [5, 5.41) is 0. The molecule has 0 atom stereocenters. The third kappa shape index (κ3) is 2.82. The summed E-state index contributed by atoms with van der Waals surface area (Å²) < 4.78 is 5.23. The van der Waals surface area contributed by atoms with E-state index in [0.29, 0.717) is 0 Å². The smallest absolute Gasteiger partial charge is 0.284 e. The Balaban J connectivity index is 2.82. The first-order valence-electron chi connectivity index (χ1n) is 3.61. The number of aryl methyl sites for hydroxylation is 1. The number of para-hydroxylation sites is 1. The van der Waals surface area contributed by atoms with Crippen LogP contribution in [0.25, 0.3) is 0 Å². The van der Waals surface area contributed by atoms with E-state index in [2.05, 4.69) is 6.92 Å². The molecule has 0 N–H and O–H groups in total. The highest BCUT2D eigenvalue weighted by Crippen LogP contribution is 2.48. The Morgan fingerprint density at radius 1 is 1.33 bits per heavy atom. The summed E-state index contributed by atoms with van der Waals surface area (Å²) in [4.78, 5) is 0. The molecule has 0 heterocycles. The van der Waals surface area contributed by atoms with Crippen LogP contribution in [0.4, 0.5) is 0 Å². The minimum Gasteiger partial charge on any atom is -0.445 e. The zero-order valence-electron chi connectivity index (χ0n) is 6.63. The molecule has 1 nitrogen and oxygen atoms in total. The van der Waals surface area contributed by atoms with Crippen molar-refractivity contribution >= 4 is 29.3 Å². The molecular weight excluding hydrogens is 214 g/mol. The van der Waals surface area contributed by atoms with Crippen molar-refractivity contribution < 1.29 is 4.52 Å². The highest BCUT2D eigenvalue weighted by molar-refractivity contribution is 8.00. The van der Waals surface area contributed by atoms with Crippen molar-refractivity contribution in [1.82, 2.24) is 0 Å². The van der Waals surface area contributed by atoms with Crippen molar-refractivity contribution in [3.8, 4) is 5.75 Å². The number of halogens is 2. The van der Waals surface area contributed by atoms with Gasteiger partial charge in [0.25, 0.3) is 6.85 Å². The Morgan fingerprint density at radius 3 is 2.58 bits per heavy atom. The molecule has 0 bridgehead atoms. The summed E-state index contributed by atoms with van der Waals surface area (Å²) in [6.45, 7) is 0.708. The molecule has 0 amide bonds. The van der Waals surface area contributed by atoms with Crippen LogP contribution in [0, 0.1) is 0 Å². The number of rotatable bonds is 3. The van der Waals surface area contributed by atoms with E-state index >= 15 is 0 Å². The fourth-order valence-corrected chi connectivity index (χ4v) is 1.73. The number of hydrogen-bond donors (Lipinski definition) is 0. The molecule has 0 saturated carbocycles. The molecule has 0 aliphatic heterocycles. The first-order chi connectivity index (χ1) is 5.74. The largest absolute Gasteiger partial charge is 0.445 e. The van der Waals surface area contributed by atoms with Crippen molar-refractivity contribution in [2.75, 3.05) is 0 Å². The molecule has 66 valence electrons. The lowest BCUT2D eigenvalue weighted by atomic mass is 10.1. The van der Waals surface area contributed by atoms with E-state index in [1.54, 1.807) is 0 Å². The maximum absolute atomic E-state index is 5.55. The van der Waals surface area contributed by atoms with Gasteiger partial charge in [-0.1, -0.05) is 25.1 Å². The first-order valence-corrected chi connectivity index (χ1v) is 6.68. The molecule has 1 rings (SSSR count). The van der Waals surface area contributed by atoms with Crippen LogP contribution in [0.2, 0.25) is 0 Å². The predicted molar refractivity (Wildman–Crippen MR) is 55.1 cm³/mol. The third-order valence-electron chi connectivity index (χ3n) is 1.52. The molecule has 12 heavy (non-hydrogen) atoms. The lowest BCUT2D eigenvalue weighted by Gasteiger charge is -2.08. The third-order valence-corrected chi connectivity index (χ3v) is 2.27. The molecule has 1 aromatic rings. The van der Waals surface area contributed by atoms with E-state index in [1.807, 2.05) is 24.3 Å². The van der Waals surface area contributed by atoms with E-state index in [1.165, 1.54) is 0 Å². The summed E-state index contributed by atoms with van der Waals surface area (Å²) in [5.41, 5.74) is 1.13. The van der Waals surface area contributed by atoms with Gasteiger partial charge in [0.05, 0.1) is 0 Å². The summed E-state index contributed by atoms with van der Waals surface area (Å²) in [6.07, 6.45) is 0.924. The van der Waals surface area contributed by atoms with Crippen LogP contribution in [-0.4, -0.2) is 0 Å². The van der Waals surface area contributed by atoms with Gasteiger partial charge in [-0.2, -0.15) is 0 Å². The summed E-state index contributed by atoms with van der Waals surface area (Å²) in [7, 11) is 0. The molecule has 1 aromatic carbocycles. The maximum atomic E-state index is 5.55. The fourth-order valence-electron chi connectivity index (χ4n) is 0.959. The van der Waals surface area contributed by atoms with E-state index < -0.39 is 6.85 Å². The minimum absolute atomic E-state index is 0.788. The van der Waals surface area contributed by atoms with Gasteiger partial charge < -0.3 is 4.52 Å². The standard InChI is InChI=1S/C8H9Cl2OP/c1-2-7-5-3-4-6-8(7)11-12(9)10/h3-6H,2H2,1H3. The minimum atomic E-state index is -1.35. The van der Waals surface area contributed by atoms with Crippen LogP contribution in [-0.2, 0) is 6.42 Å². The highest BCUT2D eigenvalue weighted by atomic mass is 35.9. The van der Waals surface area contributed by atoms with E-state index in [4.69, 9.17) is 27.0 Å². The molecule has 4 heteroatoms. The fraction of sp³-hybridized carbons (Fsp3) is 0.250. The van der Waals surface area contributed by atoms with Crippen molar-refractivity contribution in [2.24, 2.45) is 0 Å². The van der Waals surface area contributed by atoms with Gasteiger partial charge in [-0.15, -0.1) is 0 Å². The molecule has 0 fully saturated rings. The summed E-state index contributed by atoms with van der Waals surface area (Å²) in [5.74, 6) is 0.788. The average Bonchev–Trinajstić information content (AvgIpc) is 2.04. The SMILES string of the molecule is CCc1ccccc1OP(Cl)Cl. The number of hydrogen-bond acceptors (Lipinski definition) is 1. The first kappa shape index (κ1) is 10.1. The van der Waals surface area contributed by atoms with E-state index in [-0.39, 0.29) is 0 Å². The number of benzene rings is 1. The second-order valence-corrected chi connectivity index (χ2v) is 5.20. The Hall–Kier alpha value is 0.0300. The quantitative estimate of drug-likeness (QED) is 0.692. The topological polar surface area (TPSA) is 9.23 Å². The molecule has 0 aromatic heterocycles. The zero-order chi connectivity index (χ0) is 8.97. The summed E-state index contributed by atoms with van der Waals surface area (Å²) in [6, 6.07) is 7.75. The van der Waals surface area contributed by atoms with Crippen LogP contribution < -0.4 is 4.52 Å². The van der Waals surface area contributed by atoms with Gasteiger partial charge >= 0.3 is 0 Å². The van der Waals surface area contributed by atoms with Gasteiger partial charge in [-0.05, 0) is 40.5 Å². The molecule has 0 saturated heterocycles. The van der Waals surface area contributed by atoms with Gasteiger partial charge in [-0.3, -0.25) is 0 Å². The second kappa shape index (κ2) is 4.91. The lowest BCUT2D eigenvalue weighted by Crippen LogP contribution is -1.86. The average molecular weight is 223 g/mol. The van der Waals surface area contributed by atoms with E-state index in [0.717, 1.165) is 17.7 Å². The van der Waals surface area contributed by atoms with Crippen LogP contribution >= 0.6 is 29.3 Å². The molecule has 0 spiro atoms. The van der Waals surface area contributed by atoms with Crippen LogP contribution in [0.1, 0.15) is 12.5 Å². The second-order valence-electron chi connectivity index (χ2n) is 2.25. The van der Waals surface area contributed by atoms with Crippen LogP contribution in [0.15, 0.2) is 24.3 Å². The molecular formula is C8H9Cl2OP. The van der Waals surface area contributed by atoms with Crippen molar-refractivity contribution in [2.45, 2.75) is 13.3 Å². The Labute approximate surface area is 83.1 Å². The van der Waals surface area contributed by atoms with E-state index in [9.17, 15) is 0 Å². The predicted octanol–water partition coefficient (Wildman–Crippen LogP) is 4.33. The van der Waals surface area contributed by atoms with Gasteiger partial charge in [0, 0.05) is 0 Å². The van der Waals surface area contributed by atoms with Crippen LogP contribution in [0.3, 0.4) is 0 Å². The van der Waals surface area contributed by atoms with Gasteiger partial charge in [-0.25, -0.2) is 0 Å². The Bertz CT molecular complexity index is 253. The Kier molecular flexibility index (Phi) is 4.14. The van der Waals surface area contributed by atoms with Crippen molar-refractivity contribution in [3.05, 3.63) is 29.8 Å². The van der Waals surface area contributed by atoms with Gasteiger partial charge in [0.15, 0.2) is 0 Å².